The third-order valence-electron chi connectivity index (χ3n) is 7.25. The highest BCUT2D eigenvalue weighted by molar-refractivity contribution is 6.19. The van der Waals surface area contributed by atoms with E-state index in [0.29, 0.717) is 0 Å². The molecule has 0 spiro atoms. The molecule has 0 bridgehead atoms. The van der Waals surface area contributed by atoms with Crippen molar-refractivity contribution < 1.29 is 8.83 Å². The Balaban J connectivity index is 1.31. The second-order valence-electron chi connectivity index (χ2n) is 9.43. The highest BCUT2D eigenvalue weighted by atomic mass is 16.3. The largest absolute Gasteiger partial charge is 0.456 e. The first-order valence-electron chi connectivity index (χ1n) is 12.4. The van der Waals surface area contributed by atoms with Crippen molar-refractivity contribution in [2.45, 2.75) is 0 Å². The maximum absolute atomic E-state index is 6.37. The normalized spacial score (nSPS) is 11.8. The first kappa shape index (κ1) is 20.2. The van der Waals surface area contributed by atoms with E-state index in [2.05, 4.69) is 96.3 Å². The summed E-state index contributed by atoms with van der Waals surface area (Å²) in [4.78, 5) is 0. The van der Waals surface area contributed by atoms with Crippen LogP contribution in [0.25, 0.3) is 65.8 Å². The molecule has 3 heteroatoms. The lowest BCUT2D eigenvalue weighted by Crippen LogP contribution is -1.90. The van der Waals surface area contributed by atoms with Gasteiger partial charge in [0.2, 0.25) is 0 Å². The van der Waals surface area contributed by atoms with Gasteiger partial charge in [0.05, 0.1) is 11.1 Å². The summed E-state index contributed by atoms with van der Waals surface area (Å²) >= 11 is 0. The lowest BCUT2D eigenvalue weighted by Gasteiger charge is -2.09. The molecular formula is C34H21NO2. The van der Waals surface area contributed by atoms with Crippen LogP contribution in [0.4, 0.5) is 11.4 Å². The fourth-order valence-electron chi connectivity index (χ4n) is 5.58. The van der Waals surface area contributed by atoms with Crippen molar-refractivity contribution in [1.29, 1.82) is 0 Å². The van der Waals surface area contributed by atoms with Crippen LogP contribution in [-0.4, -0.2) is 0 Å². The van der Waals surface area contributed by atoms with Crippen molar-refractivity contribution in [2.75, 3.05) is 5.32 Å². The molecule has 37 heavy (non-hydrogen) atoms. The minimum Gasteiger partial charge on any atom is -0.456 e. The Bertz CT molecular complexity index is 2120. The van der Waals surface area contributed by atoms with E-state index in [1.165, 1.54) is 16.5 Å². The number of anilines is 2. The summed E-state index contributed by atoms with van der Waals surface area (Å²) in [6, 6.07) is 41.9. The first-order valence-corrected chi connectivity index (χ1v) is 12.4. The van der Waals surface area contributed by atoms with Crippen LogP contribution in [-0.2, 0) is 0 Å². The molecule has 0 aliphatic heterocycles. The molecule has 8 aromatic rings. The van der Waals surface area contributed by atoms with Crippen LogP contribution < -0.4 is 5.32 Å². The number of nitrogens with one attached hydrogen (secondary N) is 1. The summed E-state index contributed by atoms with van der Waals surface area (Å²) < 4.78 is 12.6. The van der Waals surface area contributed by atoms with Gasteiger partial charge in [-0.15, -0.1) is 0 Å². The van der Waals surface area contributed by atoms with Gasteiger partial charge in [0.25, 0.3) is 0 Å². The van der Waals surface area contributed by atoms with Crippen LogP contribution in [0, 0.1) is 0 Å². The molecule has 0 saturated carbocycles. The maximum atomic E-state index is 6.37. The average Bonchev–Trinajstić information content (AvgIpc) is 3.52. The van der Waals surface area contributed by atoms with Gasteiger partial charge in [-0.2, -0.15) is 0 Å². The molecule has 2 aromatic heterocycles. The lowest BCUT2D eigenvalue weighted by molar-refractivity contribution is 0.669. The zero-order valence-electron chi connectivity index (χ0n) is 19.9. The Morgan fingerprint density at radius 1 is 0.486 bits per heavy atom. The quantitative estimate of drug-likeness (QED) is 0.276. The van der Waals surface area contributed by atoms with Crippen molar-refractivity contribution in [2.24, 2.45) is 0 Å². The molecule has 0 radical (unpaired) electrons. The third-order valence-corrected chi connectivity index (χ3v) is 7.25. The van der Waals surface area contributed by atoms with Gasteiger partial charge in [0.15, 0.2) is 0 Å². The van der Waals surface area contributed by atoms with Gasteiger partial charge < -0.3 is 14.2 Å². The van der Waals surface area contributed by atoms with Crippen molar-refractivity contribution in [3.05, 3.63) is 121 Å². The van der Waals surface area contributed by atoms with E-state index in [-0.39, 0.29) is 0 Å². The summed E-state index contributed by atoms with van der Waals surface area (Å²) in [5, 5.41) is 10.4. The third kappa shape index (κ3) is 3.08. The minimum atomic E-state index is 0.873. The Morgan fingerprint density at radius 2 is 1.30 bits per heavy atom. The van der Waals surface area contributed by atoms with E-state index in [1.54, 1.807) is 0 Å². The highest BCUT2D eigenvalue weighted by Crippen LogP contribution is 2.41. The van der Waals surface area contributed by atoms with E-state index < -0.39 is 0 Å². The van der Waals surface area contributed by atoms with Gasteiger partial charge in [-0.25, -0.2) is 0 Å². The summed E-state index contributed by atoms with van der Waals surface area (Å²) in [5.41, 5.74) is 7.93. The Morgan fingerprint density at radius 3 is 2.22 bits per heavy atom. The van der Waals surface area contributed by atoms with Gasteiger partial charge in [-0.1, -0.05) is 78.9 Å². The fourth-order valence-corrected chi connectivity index (χ4v) is 5.58. The van der Waals surface area contributed by atoms with E-state index in [9.17, 15) is 0 Å². The molecule has 0 fully saturated rings. The summed E-state index contributed by atoms with van der Waals surface area (Å²) in [6.45, 7) is 0. The molecule has 0 aliphatic rings. The van der Waals surface area contributed by atoms with Crippen molar-refractivity contribution in [3.8, 4) is 11.1 Å². The molecule has 0 aliphatic carbocycles. The van der Waals surface area contributed by atoms with Gasteiger partial charge in [-0.05, 0) is 59.0 Å². The van der Waals surface area contributed by atoms with Crippen LogP contribution in [0.2, 0.25) is 0 Å². The Labute approximate surface area is 212 Å². The first-order chi connectivity index (χ1) is 18.3. The van der Waals surface area contributed by atoms with Crippen LogP contribution in [0.5, 0.6) is 0 Å². The lowest BCUT2D eigenvalue weighted by atomic mass is 9.99. The second kappa shape index (κ2) is 7.74. The SMILES string of the molecule is c1ccc(-c2cccc3oc4ccc(Nc5cccc6oc7c8ccccc8ccc7c56)cc4c23)cc1. The molecular weight excluding hydrogens is 454 g/mol. The number of benzene rings is 6. The molecule has 0 amide bonds. The van der Waals surface area contributed by atoms with Crippen molar-refractivity contribution in [3.63, 3.8) is 0 Å². The van der Waals surface area contributed by atoms with E-state index in [1.807, 2.05) is 30.3 Å². The Kier molecular flexibility index (Phi) is 4.23. The van der Waals surface area contributed by atoms with E-state index >= 15 is 0 Å². The number of furan rings is 2. The summed E-state index contributed by atoms with van der Waals surface area (Å²) in [7, 11) is 0. The standard InChI is InChI=1S/C34H21NO2/c1-2-8-21(9-3-1)24-12-6-14-30-32(24)27-20-23(17-19-29(27)36-30)35-28-13-7-15-31-33(28)26-18-16-22-10-4-5-11-25(22)34(26)37-31/h1-20,35H. The zero-order chi connectivity index (χ0) is 24.3. The fraction of sp³-hybridized carbons (Fsp3) is 0. The number of rotatable bonds is 3. The average molecular weight is 476 g/mol. The van der Waals surface area contributed by atoms with Crippen molar-refractivity contribution >= 4 is 66.0 Å². The van der Waals surface area contributed by atoms with Crippen LogP contribution in [0.15, 0.2) is 130 Å². The van der Waals surface area contributed by atoms with Gasteiger partial charge >= 0.3 is 0 Å². The van der Waals surface area contributed by atoms with Crippen LogP contribution in [0.1, 0.15) is 0 Å². The smallest absolute Gasteiger partial charge is 0.143 e. The molecule has 174 valence electrons. The minimum absolute atomic E-state index is 0.873. The number of hydrogen-bond acceptors (Lipinski definition) is 3. The summed E-state index contributed by atoms with van der Waals surface area (Å²) in [6.07, 6.45) is 0. The molecule has 0 saturated heterocycles. The molecule has 1 N–H and O–H groups in total. The Hall–Kier alpha value is -5.02. The molecule has 0 unspecified atom stereocenters. The molecule has 3 nitrogen and oxygen atoms in total. The molecule has 6 aromatic carbocycles. The summed E-state index contributed by atoms with van der Waals surface area (Å²) in [5.74, 6) is 0. The second-order valence-corrected chi connectivity index (χ2v) is 9.43. The molecule has 0 atom stereocenters. The van der Waals surface area contributed by atoms with Crippen LogP contribution in [0.3, 0.4) is 0 Å². The highest BCUT2D eigenvalue weighted by Gasteiger charge is 2.16. The topological polar surface area (TPSA) is 38.3 Å². The van der Waals surface area contributed by atoms with Gasteiger partial charge in [0, 0.05) is 27.2 Å². The van der Waals surface area contributed by atoms with Crippen molar-refractivity contribution in [1.82, 2.24) is 0 Å². The van der Waals surface area contributed by atoms with E-state index in [4.69, 9.17) is 8.83 Å². The van der Waals surface area contributed by atoms with E-state index in [0.717, 1.165) is 60.6 Å². The number of hydrogen-bond donors (Lipinski definition) is 1. The number of fused-ring (bicyclic) bond motifs is 8. The maximum Gasteiger partial charge on any atom is 0.143 e. The van der Waals surface area contributed by atoms with Gasteiger partial charge in [0.1, 0.15) is 22.3 Å². The predicted octanol–water partition coefficient (Wildman–Crippen LogP) is 10.0. The zero-order valence-corrected chi connectivity index (χ0v) is 19.9. The monoisotopic (exact) mass is 475 g/mol. The van der Waals surface area contributed by atoms with Gasteiger partial charge in [-0.3, -0.25) is 0 Å². The van der Waals surface area contributed by atoms with Crippen LogP contribution >= 0.6 is 0 Å². The molecule has 2 heterocycles. The molecule has 8 rings (SSSR count). The predicted molar refractivity (Wildman–Crippen MR) is 154 cm³/mol.